The van der Waals surface area contributed by atoms with E-state index in [1.165, 1.54) is 0 Å². The summed E-state index contributed by atoms with van der Waals surface area (Å²) < 4.78 is 13.3. The van der Waals surface area contributed by atoms with Gasteiger partial charge < -0.3 is 24.7 Å². The Morgan fingerprint density at radius 1 is 1.08 bits per heavy atom. The Labute approximate surface area is 216 Å². The van der Waals surface area contributed by atoms with Crippen molar-refractivity contribution < 1.29 is 14.3 Å². The van der Waals surface area contributed by atoms with Gasteiger partial charge >= 0.3 is 0 Å². The van der Waals surface area contributed by atoms with E-state index < -0.39 is 0 Å². The Morgan fingerprint density at radius 3 is 2.39 bits per heavy atom. The van der Waals surface area contributed by atoms with Crippen LogP contribution in [0, 0.1) is 0 Å². The number of fused-ring (bicyclic) bond motifs is 1. The molecule has 1 unspecified atom stereocenters. The molecule has 1 fully saturated rings. The largest absolute Gasteiger partial charge is 0.480 e. The molecule has 8 nitrogen and oxygen atoms in total. The van der Waals surface area contributed by atoms with Crippen LogP contribution in [0.15, 0.2) is 36.5 Å². The standard InChI is InChI=1S/C27H32ClN5O3/c1-15(2)32-22(21-14-30-27(29)31-25(21)36-4)13-20-24(32)23(16-5-7-17(28)8-6-16)33(26(20)34)18-9-11-19(35-3)12-10-18/h5-8,13-15,18-19,23H,9-12H2,1-4H3,(H2,29,30,31). The molecule has 2 N–H and O–H groups in total. The molecule has 1 atom stereocenters. The second kappa shape index (κ2) is 9.75. The number of nitrogens with two attached hydrogens (primary N) is 1. The Kier molecular flexibility index (Phi) is 6.66. The van der Waals surface area contributed by atoms with Crippen LogP contribution in [0.3, 0.4) is 0 Å². The van der Waals surface area contributed by atoms with Crippen LogP contribution in [0.4, 0.5) is 5.95 Å². The number of carbonyl (C=O) groups excluding carboxylic acids is 1. The Hall–Kier alpha value is -3.10. The van der Waals surface area contributed by atoms with Crippen LogP contribution in [-0.4, -0.2) is 51.7 Å². The highest BCUT2D eigenvalue weighted by Gasteiger charge is 2.46. The lowest BCUT2D eigenvalue weighted by atomic mass is 9.90. The van der Waals surface area contributed by atoms with Crippen molar-refractivity contribution in [2.45, 2.75) is 63.8 Å². The SMILES string of the molecule is COc1nc(N)ncc1-c1cc2c(n1C(C)C)C(c1ccc(Cl)cc1)N(C1CCC(OC)CC1)C2=O. The number of nitrogen functional groups attached to an aromatic ring is 1. The summed E-state index contributed by atoms with van der Waals surface area (Å²) in [5, 5.41) is 0.666. The van der Waals surface area contributed by atoms with Crippen LogP contribution in [0.1, 0.15) is 73.2 Å². The fourth-order valence-corrected chi connectivity index (χ4v) is 5.88. The maximum absolute atomic E-state index is 14.1. The Balaban J connectivity index is 1.68. The molecular weight excluding hydrogens is 478 g/mol. The smallest absolute Gasteiger partial charge is 0.256 e. The molecule has 5 rings (SSSR count). The van der Waals surface area contributed by atoms with Crippen molar-refractivity contribution in [1.29, 1.82) is 0 Å². The average Bonchev–Trinajstić information content (AvgIpc) is 3.39. The summed E-state index contributed by atoms with van der Waals surface area (Å²) in [6.07, 6.45) is 5.62. The first-order valence-corrected chi connectivity index (χ1v) is 12.7. The van der Waals surface area contributed by atoms with Crippen LogP contribution in [0.2, 0.25) is 5.02 Å². The first-order valence-electron chi connectivity index (χ1n) is 12.4. The van der Waals surface area contributed by atoms with E-state index >= 15 is 0 Å². The van der Waals surface area contributed by atoms with Crippen molar-refractivity contribution in [2.75, 3.05) is 20.0 Å². The van der Waals surface area contributed by atoms with Gasteiger partial charge in [-0.25, -0.2) is 4.98 Å². The fraction of sp³-hybridized carbons (Fsp3) is 0.444. The quantitative estimate of drug-likeness (QED) is 0.486. The van der Waals surface area contributed by atoms with Crippen molar-refractivity contribution in [3.8, 4) is 17.1 Å². The van der Waals surface area contributed by atoms with Gasteiger partial charge in [0, 0.05) is 30.4 Å². The highest BCUT2D eigenvalue weighted by Crippen LogP contribution is 2.47. The number of aromatic nitrogens is 3. The van der Waals surface area contributed by atoms with E-state index in [1.54, 1.807) is 20.4 Å². The van der Waals surface area contributed by atoms with Crippen LogP contribution in [0.5, 0.6) is 5.88 Å². The van der Waals surface area contributed by atoms with Crippen molar-refractivity contribution in [1.82, 2.24) is 19.4 Å². The Morgan fingerprint density at radius 2 is 1.78 bits per heavy atom. The minimum Gasteiger partial charge on any atom is -0.480 e. The number of halogens is 1. The van der Waals surface area contributed by atoms with Crippen molar-refractivity contribution in [3.05, 3.63) is 58.4 Å². The molecular formula is C27H32ClN5O3. The minimum absolute atomic E-state index is 0.0433. The van der Waals surface area contributed by atoms with Gasteiger partial charge in [0.25, 0.3) is 5.91 Å². The number of benzene rings is 1. The van der Waals surface area contributed by atoms with Gasteiger partial charge in [0.05, 0.1) is 41.8 Å². The highest BCUT2D eigenvalue weighted by molar-refractivity contribution is 6.30. The number of hydrogen-bond donors (Lipinski definition) is 1. The molecule has 0 spiro atoms. The maximum atomic E-state index is 14.1. The van der Waals surface area contributed by atoms with Crippen molar-refractivity contribution >= 4 is 23.5 Å². The van der Waals surface area contributed by atoms with E-state index in [0.717, 1.165) is 42.6 Å². The topological polar surface area (TPSA) is 95.5 Å². The lowest BCUT2D eigenvalue weighted by molar-refractivity contribution is 0.0295. The van der Waals surface area contributed by atoms with Crippen LogP contribution in [-0.2, 0) is 4.74 Å². The summed E-state index contributed by atoms with van der Waals surface area (Å²) in [6, 6.07) is 9.75. The second-order valence-corrected chi connectivity index (χ2v) is 10.2. The molecule has 1 aromatic carbocycles. The number of carbonyl (C=O) groups is 1. The van der Waals surface area contributed by atoms with E-state index in [1.807, 2.05) is 30.3 Å². The zero-order valence-corrected chi connectivity index (χ0v) is 21.8. The first-order chi connectivity index (χ1) is 17.3. The minimum atomic E-state index is -0.231. The second-order valence-electron chi connectivity index (χ2n) is 9.78. The number of nitrogens with zero attached hydrogens (tertiary/aromatic N) is 4. The number of methoxy groups -OCH3 is 2. The number of ether oxygens (including phenoxy) is 2. The van der Waals surface area contributed by atoms with Gasteiger partial charge in [-0.2, -0.15) is 4.98 Å². The molecule has 3 aromatic rings. The predicted octanol–water partition coefficient (Wildman–Crippen LogP) is 5.27. The predicted molar refractivity (Wildman–Crippen MR) is 139 cm³/mol. The summed E-state index contributed by atoms with van der Waals surface area (Å²) in [4.78, 5) is 24.7. The summed E-state index contributed by atoms with van der Waals surface area (Å²) >= 11 is 6.24. The zero-order chi connectivity index (χ0) is 25.6. The average molecular weight is 510 g/mol. The molecule has 2 aliphatic rings. The summed E-state index contributed by atoms with van der Waals surface area (Å²) in [5.41, 5.74) is 10.1. The van der Waals surface area contributed by atoms with Gasteiger partial charge in [-0.15, -0.1) is 0 Å². The van der Waals surface area contributed by atoms with Crippen molar-refractivity contribution in [2.24, 2.45) is 0 Å². The monoisotopic (exact) mass is 509 g/mol. The van der Waals surface area contributed by atoms with E-state index in [0.29, 0.717) is 22.0 Å². The third-order valence-electron chi connectivity index (χ3n) is 7.39. The van der Waals surface area contributed by atoms with Gasteiger partial charge in [0.15, 0.2) is 0 Å². The molecule has 3 heterocycles. The van der Waals surface area contributed by atoms with E-state index in [4.69, 9.17) is 26.8 Å². The summed E-state index contributed by atoms with van der Waals surface area (Å²) in [7, 11) is 3.32. The molecule has 1 amide bonds. The number of amides is 1. The van der Waals surface area contributed by atoms with E-state index in [9.17, 15) is 4.79 Å². The summed E-state index contributed by atoms with van der Waals surface area (Å²) in [6.45, 7) is 4.23. The maximum Gasteiger partial charge on any atom is 0.256 e. The van der Waals surface area contributed by atoms with Gasteiger partial charge in [-0.3, -0.25) is 4.79 Å². The third kappa shape index (κ3) is 4.12. The van der Waals surface area contributed by atoms with E-state index in [-0.39, 0.29) is 36.1 Å². The van der Waals surface area contributed by atoms with Crippen LogP contribution < -0.4 is 10.5 Å². The number of anilines is 1. The molecule has 36 heavy (non-hydrogen) atoms. The molecule has 1 aliphatic heterocycles. The lowest BCUT2D eigenvalue weighted by Crippen LogP contribution is -2.42. The van der Waals surface area contributed by atoms with Crippen LogP contribution in [0.25, 0.3) is 11.3 Å². The molecule has 2 aromatic heterocycles. The summed E-state index contributed by atoms with van der Waals surface area (Å²) in [5.74, 6) is 0.561. The molecule has 0 bridgehead atoms. The fourth-order valence-electron chi connectivity index (χ4n) is 5.75. The van der Waals surface area contributed by atoms with Gasteiger partial charge in [0.1, 0.15) is 0 Å². The number of rotatable bonds is 6. The molecule has 1 aliphatic carbocycles. The normalized spacial score (nSPS) is 21.8. The lowest BCUT2D eigenvalue weighted by Gasteiger charge is -2.38. The van der Waals surface area contributed by atoms with Gasteiger partial charge in [0.2, 0.25) is 11.8 Å². The zero-order valence-electron chi connectivity index (χ0n) is 21.1. The van der Waals surface area contributed by atoms with E-state index in [2.05, 4.69) is 33.3 Å². The van der Waals surface area contributed by atoms with Gasteiger partial charge in [-0.1, -0.05) is 23.7 Å². The van der Waals surface area contributed by atoms with Crippen LogP contribution >= 0.6 is 11.6 Å². The third-order valence-corrected chi connectivity index (χ3v) is 7.64. The molecule has 1 saturated carbocycles. The first kappa shape index (κ1) is 24.6. The molecule has 190 valence electrons. The highest BCUT2D eigenvalue weighted by atomic mass is 35.5. The van der Waals surface area contributed by atoms with Crippen molar-refractivity contribution in [3.63, 3.8) is 0 Å². The molecule has 0 saturated heterocycles. The molecule has 9 heteroatoms. The Bertz CT molecular complexity index is 1270. The van der Waals surface area contributed by atoms with Gasteiger partial charge in [-0.05, 0) is 63.3 Å². The number of hydrogen-bond acceptors (Lipinski definition) is 6. The molecule has 0 radical (unpaired) electrons.